The van der Waals surface area contributed by atoms with Gasteiger partial charge in [0.25, 0.3) is 11.8 Å². The van der Waals surface area contributed by atoms with Crippen molar-refractivity contribution in [2.24, 2.45) is 5.92 Å². The van der Waals surface area contributed by atoms with E-state index >= 15 is 8.78 Å². The van der Waals surface area contributed by atoms with Crippen LogP contribution in [0, 0.1) is 12.8 Å². The van der Waals surface area contributed by atoms with Crippen LogP contribution in [0.5, 0.6) is 0 Å². The van der Waals surface area contributed by atoms with Gasteiger partial charge in [-0.25, -0.2) is 15.0 Å². The summed E-state index contributed by atoms with van der Waals surface area (Å²) in [6.07, 6.45) is 1.95. The molecule has 3 aromatic heterocycles. The summed E-state index contributed by atoms with van der Waals surface area (Å²) in [5.41, 5.74) is 6.54. The van der Waals surface area contributed by atoms with Gasteiger partial charge in [0.1, 0.15) is 21.3 Å². The number of nitrogen functional groups attached to an aromatic ring is 1. The highest BCUT2D eigenvalue weighted by Crippen LogP contribution is 2.41. The molecule has 9 nitrogen and oxygen atoms in total. The summed E-state index contributed by atoms with van der Waals surface area (Å²) in [6, 6.07) is 1.96. The number of halogens is 2. The molecule has 1 aliphatic heterocycles. The number of nitrogens with two attached hydrogens (primary N) is 1. The maximum absolute atomic E-state index is 15.5. The van der Waals surface area contributed by atoms with E-state index in [1.165, 1.54) is 6.07 Å². The van der Waals surface area contributed by atoms with Crippen molar-refractivity contribution in [2.75, 3.05) is 44.5 Å². The summed E-state index contributed by atoms with van der Waals surface area (Å²) in [7, 11) is 3.58. The number of aryl methyl sites for hydroxylation is 2. The van der Waals surface area contributed by atoms with E-state index in [1.807, 2.05) is 7.05 Å². The molecule has 2 aliphatic rings. The van der Waals surface area contributed by atoms with E-state index in [0.717, 1.165) is 24.4 Å². The molecule has 0 aromatic carbocycles. The zero-order valence-corrected chi connectivity index (χ0v) is 21.2. The van der Waals surface area contributed by atoms with Crippen LogP contribution in [-0.4, -0.2) is 66.8 Å². The number of pyridine rings is 1. The highest BCUT2D eigenvalue weighted by Gasteiger charge is 2.47. The van der Waals surface area contributed by atoms with Crippen LogP contribution in [0.1, 0.15) is 33.2 Å². The Labute approximate surface area is 211 Å². The highest BCUT2D eigenvalue weighted by atomic mass is 32.1. The second kappa shape index (κ2) is 9.49. The number of likely N-dealkylation sites (N-methyl/N-ethyl adjacent to an activating group) is 1. The average molecular weight is 518 g/mol. The first kappa shape index (κ1) is 24.7. The molecule has 0 saturated carbocycles. The number of aromatic nitrogens is 3. The second-order valence-electron chi connectivity index (χ2n) is 9.35. The lowest BCUT2D eigenvalue weighted by atomic mass is 9.88. The monoisotopic (exact) mass is 517 g/mol. The van der Waals surface area contributed by atoms with E-state index in [9.17, 15) is 4.79 Å². The van der Waals surface area contributed by atoms with Crippen LogP contribution in [0.4, 0.5) is 20.3 Å². The fourth-order valence-corrected chi connectivity index (χ4v) is 6.13. The van der Waals surface area contributed by atoms with Crippen LogP contribution in [0.2, 0.25) is 0 Å². The molecule has 5 rings (SSSR count). The number of hydrogen-bond donors (Lipinski definition) is 3. The normalized spacial score (nSPS) is 23.1. The minimum Gasteiger partial charge on any atom is -0.397 e. The van der Waals surface area contributed by atoms with Crippen molar-refractivity contribution in [1.82, 2.24) is 25.6 Å². The third-order valence-corrected chi connectivity index (χ3v) is 8.18. The molecular weight excluding hydrogens is 488 g/mol. The zero-order chi connectivity index (χ0) is 25.6. The predicted octanol–water partition coefficient (Wildman–Crippen LogP) is 2.48. The molecule has 3 unspecified atom stereocenters. The fourth-order valence-electron chi connectivity index (χ4n) is 5.12. The Bertz CT molecular complexity index is 1300. The van der Waals surface area contributed by atoms with Crippen molar-refractivity contribution in [3.63, 3.8) is 0 Å². The molecule has 0 radical (unpaired) electrons. The molecule has 3 aromatic rings. The molecule has 4 heterocycles. The first-order valence-corrected chi connectivity index (χ1v) is 12.7. The first-order valence-electron chi connectivity index (χ1n) is 11.8. The Morgan fingerprint density at radius 2 is 2.14 bits per heavy atom. The van der Waals surface area contributed by atoms with Gasteiger partial charge in [0, 0.05) is 43.9 Å². The highest BCUT2D eigenvalue weighted by molar-refractivity contribution is 7.21. The van der Waals surface area contributed by atoms with Gasteiger partial charge in [-0.1, -0.05) is 0 Å². The number of carbonyl (C=O) groups is 1. The maximum atomic E-state index is 15.5. The van der Waals surface area contributed by atoms with Gasteiger partial charge in [-0.2, -0.15) is 8.78 Å². The predicted molar refractivity (Wildman–Crippen MR) is 135 cm³/mol. The van der Waals surface area contributed by atoms with Crippen molar-refractivity contribution in [2.45, 2.75) is 37.8 Å². The van der Waals surface area contributed by atoms with Gasteiger partial charge in [0.2, 0.25) is 0 Å². The van der Waals surface area contributed by atoms with Crippen molar-refractivity contribution < 1.29 is 18.3 Å². The van der Waals surface area contributed by atoms with E-state index in [2.05, 4.69) is 30.5 Å². The number of fused-ring (bicyclic) bond motifs is 2. The standard InChI is InChI=1S/C24H29F2N7O2S/c1-12-29-8-14-20(27)21(36-23(14)30-12)22(34)32-18-6-5-16-15(24(18,25)26)4-7-19(31-16)33-9-13(11-35-3)17(10-33)28-2/h4,7-8,13,17-18,28H,5-6,9-11,27H2,1-3H3,(H,32,34). The van der Waals surface area contributed by atoms with Crippen molar-refractivity contribution >= 4 is 39.0 Å². The van der Waals surface area contributed by atoms with E-state index in [4.69, 9.17) is 10.5 Å². The Kier molecular flexibility index (Phi) is 6.52. The summed E-state index contributed by atoms with van der Waals surface area (Å²) in [6.45, 7) is 3.81. The van der Waals surface area contributed by atoms with E-state index in [-0.39, 0.29) is 34.5 Å². The van der Waals surface area contributed by atoms with Crippen molar-refractivity contribution in [3.8, 4) is 0 Å². The fraction of sp³-hybridized carbons (Fsp3) is 0.500. The van der Waals surface area contributed by atoms with E-state index in [0.29, 0.717) is 40.6 Å². The molecule has 1 saturated heterocycles. The van der Waals surface area contributed by atoms with Gasteiger partial charge < -0.3 is 26.0 Å². The molecular formula is C24H29F2N7O2S. The van der Waals surface area contributed by atoms with Gasteiger partial charge in [-0.05, 0) is 38.9 Å². The third-order valence-electron chi connectivity index (χ3n) is 7.06. The molecule has 0 spiro atoms. The number of ether oxygens (including phenoxy) is 1. The summed E-state index contributed by atoms with van der Waals surface area (Å²) in [5, 5.41) is 6.36. The van der Waals surface area contributed by atoms with Crippen LogP contribution in [0.3, 0.4) is 0 Å². The minimum absolute atomic E-state index is 0.0668. The van der Waals surface area contributed by atoms with E-state index < -0.39 is 17.9 Å². The van der Waals surface area contributed by atoms with Gasteiger partial charge >= 0.3 is 0 Å². The number of nitrogens with one attached hydrogen (secondary N) is 2. The first-order chi connectivity index (χ1) is 17.2. The number of methoxy groups -OCH3 is 1. The van der Waals surface area contributed by atoms with Gasteiger partial charge in [-0.15, -0.1) is 11.3 Å². The second-order valence-corrected chi connectivity index (χ2v) is 10.3. The largest absolute Gasteiger partial charge is 0.397 e. The van der Waals surface area contributed by atoms with Gasteiger partial charge in [0.15, 0.2) is 0 Å². The van der Waals surface area contributed by atoms with Crippen LogP contribution in [0.15, 0.2) is 18.3 Å². The van der Waals surface area contributed by atoms with Crippen LogP contribution >= 0.6 is 11.3 Å². The topological polar surface area (TPSA) is 118 Å². The molecule has 4 N–H and O–H groups in total. The Morgan fingerprint density at radius 3 is 2.89 bits per heavy atom. The van der Waals surface area contributed by atoms with E-state index in [1.54, 1.807) is 26.3 Å². The van der Waals surface area contributed by atoms with Crippen LogP contribution in [-0.2, 0) is 17.1 Å². The number of alkyl halides is 2. The summed E-state index contributed by atoms with van der Waals surface area (Å²) >= 11 is 1.08. The maximum Gasteiger partial charge on any atom is 0.294 e. The number of rotatable bonds is 6. The van der Waals surface area contributed by atoms with Gasteiger partial charge in [-0.3, -0.25) is 4.79 Å². The smallest absolute Gasteiger partial charge is 0.294 e. The number of anilines is 2. The SMILES string of the molecule is CNC1CN(c2ccc3c(n2)CCC(NC(=O)c2sc4nc(C)ncc4c2N)C3(F)F)CC1COC. The quantitative estimate of drug-likeness (QED) is 0.457. The minimum atomic E-state index is -3.27. The number of hydrogen-bond acceptors (Lipinski definition) is 9. The summed E-state index contributed by atoms with van der Waals surface area (Å²) in [4.78, 5) is 28.8. The van der Waals surface area contributed by atoms with Crippen molar-refractivity contribution in [3.05, 3.63) is 40.3 Å². The number of nitrogens with zero attached hydrogens (tertiary/aromatic N) is 4. The third kappa shape index (κ3) is 4.27. The summed E-state index contributed by atoms with van der Waals surface area (Å²) < 4.78 is 36.4. The molecule has 0 bridgehead atoms. The Hall–Kier alpha value is -2.96. The molecule has 12 heteroatoms. The van der Waals surface area contributed by atoms with Crippen molar-refractivity contribution in [1.29, 1.82) is 0 Å². The molecule has 1 fully saturated rings. The van der Waals surface area contributed by atoms with Gasteiger partial charge in [0.05, 0.1) is 29.4 Å². The Morgan fingerprint density at radius 1 is 1.33 bits per heavy atom. The number of carbonyl (C=O) groups excluding carboxylic acids is 1. The zero-order valence-electron chi connectivity index (χ0n) is 20.3. The molecule has 3 atom stereocenters. The molecule has 1 amide bonds. The lowest BCUT2D eigenvalue weighted by Gasteiger charge is -2.34. The Balaban J connectivity index is 1.34. The lowest BCUT2D eigenvalue weighted by molar-refractivity contribution is -0.0509. The summed E-state index contributed by atoms with van der Waals surface area (Å²) in [5.74, 6) is -2.39. The molecule has 36 heavy (non-hydrogen) atoms. The molecule has 1 aliphatic carbocycles. The molecule has 192 valence electrons. The number of amides is 1. The lowest BCUT2D eigenvalue weighted by Crippen LogP contribution is -2.49. The van der Waals surface area contributed by atoms with Crippen LogP contribution in [0.25, 0.3) is 10.2 Å². The average Bonchev–Trinajstić information content (AvgIpc) is 3.41. The number of thiophene rings is 1. The van der Waals surface area contributed by atoms with Crippen LogP contribution < -0.4 is 21.3 Å².